The fraction of sp³-hybridized carbons (Fsp3) is 0.417. The van der Waals surface area contributed by atoms with Crippen molar-refractivity contribution in [3.63, 3.8) is 0 Å². The fourth-order valence-electron chi connectivity index (χ4n) is 3.35. The zero-order valence-electron chi connectivity index (χ0n) is 18.2. The molecule has 0 fully saturated rings. The minimum Gasteiger partial charge on any atom is -0.491 e. The Bertz CT molecular complexity index is 1010. The van der Waals surface area contributed by atoms with Crippen LogP contribution >= 0.6 is 0 Å². The molecule has 1 amide bonds. The van der Waals surface area contributed by atoms with Crippen molar-refractivity contribution in [1.29, 1.82) is 0 Å². The van der Waals surface area contributed by atoms with E-state index in [9.17, 15) is 4.79 Å². The van der Waals surface area contributed by atoms with Gasteiger partial charge in [0.05, 0.1) is 23.6 Å². The lowest BCUT2D eigenvalue weighted by Gasteiger charge is -2.22. The standard InChI is InChI=1S/C24H31N3O2/c1-16-11-12-21(17(2)15-16)29-14-13-27-20-10-8-7-9-19(20)26-22(27)18(3)25-23(28)24(4,5)6/h7-12,15,18H,13-14H2,1-6H3,(H,25,28). The first-order valence-electron chi connectivity index (χ1n) is 10.1. The van der Waals surface area contributed by atoms with Crippen molar-refractivity contribution in [1.82, 2.24) is 14.9 Å². The Hall–Kier alpha value is -2.82. The molecule has 5 heteroatoms. The largest absolute Gasteiger partial charge is 0.491 e. The molecule has 1 aromatic heterocycles. The molecular formula is C24H31N3O2. The maximum absolute atomic E-state index is 12.5. The molecule has 2 aromatic carbocycles. The van der Waals surface area contributed by atoms with Crippen LogP contribution in [0.25, 0.3) is 11.0 Å². The number of benzene rings is 2. The molecule has 1 heterocycles. The minimum absolute atomic E-state index is 0.00939. The molecule has 0 aliphatic carbocycles. The molecule has 3 rings (SSSR count). The first-order valence-corrected chi connectivity index (χ1v) is 10.1. The van der Waals surface area contributed by atoms with Gasteiger partial charge in [0.2, 0.25) is 5.91 Å². The molecule has 1 atom stereocenters. The summed E-state index contributed by atoms with van der Waals surface area (Å²) < 4.78 is 8.19. The van der Waals surface area contributed by atoms with Crippen LogP contribution in [0.1, 0.15) is 50.7 Å². The number of hydrogen-bond donors (Lipinski definition) is 1. The van der Waals surface area contributed by atoms with Gasteiger partial charge in [0.15, 0.2) is 0 Å². The van der Waals surface area contributed by atoms with Crippen LogP contribution in [0.5, 0.6) is 5.75 Å². The third-order valence-corrected chi connectivity index (χ3v) is 5.00. The van der Waals surface area contributed by atoms with Crippen LogP contribution in [0.15, 0.2) is 42.5 Å². The second-order valence-electron chi connectivity index (χ2n) is 8.67. The van der Waals surface area contributed by atoms with Crippen molar-refractivity contribution >= 4 is 16.9 Å². The zero-order chi connectivity index (χ0) is 21.2. The molecule has 3 aromatic rings. The Morgan fingerprint density at radius 3 is 2.59 bits per heavy atom. The van der Waals surface area contributed by atoms with E-state index in [-0.39, 0.29) is 11.9 Å². The van der Waals surface area contributed by atoms with Gasteiger partial charge in [0, 0.05) is 5.41 Å². The molecule has 1 N–H and O–H groups in total. The first kappa shape index (κ1) is 20.9. The van der Waals surface area contributed by atoms with E-state index in [4.69, 9.17) is 9.72 Å². The topological polar surface area (TPSA) is 56.1 Å². The highest BCUT2D eigenvalue weighted by molar-refractivity contribution is 5.82. The fourth-order valence-corrected chi connectivity index (χ4v) is 3.35. The van der Waals surface area contributed by atoms with Crippen molar-refractivity contribution in [3.8, 4) is 5.75 Å². The van der Waals surface area contributed by atoms with Gasteiger partial charge in [-0.15, -0.1) is 0 Å². The number of para-hydroxylation sites is 2. The van der Waals surface area contributed by atoms with Crippen LogP contribution < -0.4 is 10.1 Å². The van der Waals surface area contributed by atoms with E-state index in [2.05, 4.69) is 41.9 Å². The summed E-state index contributed by atoms with van der Waals surface area (Å²) in [5, 5.41) is 3.10. The molecular weight excluding hydrogens is 362 g/mol. The molecule has 29 heavy (non-hydrogen) atoms. The normalized spacial score (nSPS) is 12.8. The summed E-state index contributed by atoms with van der Waals surface area (Å²) in [6.07, 6.45) is 0. The van der Waals surface area contributed by atoms with Gasteiger partial charge in [0.25, 0.3) is 0 Å². The third kappa shape index (κ3) is 4.78. The number of hydrogen-bond acceptors (Lipinski definition) is 3. The summed E-state index contributed by atoms with van der Waals surface area (Å²) in [5.41, 5.74) is 3.87. The van der Waals surface area contributed by atoms with Crippen LogP contribution in [0.3, 0.4) is 0 Å². The Morgan fingerprint density at radius 2 is 1.90 bits per heavy atom. The second kappa shape index (κ2) is 8.27. The van der Waals surface area contributed by atoms with E-state index < -0.39 is 5.41 Å². The highest BCUT2D eigenvalue weighted by atomic mass is 16.5. The summed E-state index contributed by atoms with van der Waals surface area (Å²) in [6.45, 7) is 13.0. The lowest BCUT2D eigenvalue weighted by atomic mass is 9.95. The number of carbonyl (C=O) groups is 1. The monoisotopic (exact) mass is 393 g/mol. The molecule has 1 unspecified atom stereocenters. The molecule has 5 nitrogen and oxygen atoms in total. The van der Waals surface area contributed by atoms with Crippen molar-refractivity contribution in [2.24, 2.45) is 5.41 Å². The highest BCUT2D eigenvalue weighted by Gasteiger charge is 2.25. The van der Waals surface area contributed by atoms with Crippen LogP contribution in [0.4, 0.5) is 0 Å². The van der Waals surface area contributed by atoms with Crippen LogP contribution in [-0.2, 0) is 11.3 Å². The van der Waals surface area contributed by atoms with Crippen LogP contribution in [0.2, 0.25) is 0 Å². The summed E-state index contributed by atoms with van der Waals surface area (Å²) in [6, 6.07) is 14.0. The Morgan fingerprint density at radius 1 is 1.17 bits per heavy atom. The summed E-state index contributed by atoms with van der Waals surface area (Å²) in [7, 11) is 0. The first-order chi connectivity index (χ1) is 13.7. The lowest BCUT2D eigenvalue weighted by molar-refractivity contribution is -0.129. The number of imidazole rings is 1. The van der Waals surface area contributed by atoms with E-state index in [1.54, 1.807) is 0 Å². The minimum atomic E-state index is -0.447. The average molecular weight is 394 g/mol. The maximum atomic E-state index is 12.5. The molecule has 0 spiro atoms. The van der Waals surface area contributed by atoms with Gasteiger partial charge < -0.3 is 14.6 Å². The smallest absolute Gasteiger partial charge is 0.225 e. The third-order valence-electron chi connectivity index (χ3n) is 5.00. The van der Waals surface area contributed by atoms with Gasteiger partial charge in [-0.25, -0.2) is 4.98 Å². The van der Waals surface area contributed by atoms with Gasteiger partial charge in [-0.1, -0.05) is 50.6 Å². The number of fused-ring (bicyclic) bond motifs is 1. The number of rotatable bonds is 6. The van der Waals surface area contributed by atoms with Gasteiger partial charge in [0.1, 0.15) is 18.2 Å². The van der Waals surface area contributed by atoms with Gasteiger partial charge in [-0.3, -0.25) is 4.79 Å². The van der Waals surface area contributed by atoms with Gasteiger partial charge in [-0.2, -0.15) is 0 Å². The SMILES string of the molecule is Cc1ccc(OCCn2c(C(C)NC(=O)C(C)(C)C)nc3ccccc32)c(C)c1. The lowest BCUT2D eigenvalue weighted by Crippen LogP contribution is -2.37. The van der Waals surface area contributed by atoms with E-state index >= 15 is 0 Å². The van der Waals surface area contributed by atoms with Crippen LogP contribution in [-0.4, -0.2) is 22.1 Å². The summed E-state index contributed by atoms with van der Waals surface area (Å²) in [4.78, 5) is 17.3. The van der Waals surface area contributed by atoms with Crippen molar-refractivity contribution in [2.45, 2.75) is 54.1 Å². The maximum Gasteiger partial charge on any atom is 0.225 e. The Labute approximate surface area is 173 Å². The van der Waals surface area contributed by atoms with Gasteiger partial charge in [-0.05, 0) is 44.5 Å². The molecule has 0 aliphatic heterocycles. The number of nitrogens with one attached hydrogen (secondary N) is 1. The summed E-state index contributed by atoms with van der Waals surface area (Å²) >= 11 is 0. The molecule has 0 saturated carbocycles. The molecule has 0 bridgehead atoms. The second-order valence-corrected chi connectivity index (χ2v) is 8.67. The number of carbonyl (C=O) groups excluding carboxylic acids is 1. The summed E-state index contributed by atoms with van der Waals surface area (Å²) in [5.74, 6) is 1.75. The van der Waals surface area contributed by atoms with Crippen LogP contribution in [0, 0.1) is 19.3 Å². The van der Waals surface area contributed by atoms with Gasteiger partial charge >= 0.3 is 0 Å². The quantitative estimate of drug-likeness (QED) is 0.644. The zero-order valence-corrected chi connectivity index (χ0v) is 18.2. The molecule has 0 radical (unpaired) electrons. The van der Waals surface area contributed by atoms with E-state index in [1.165, 1.54) is 5.56 Å². The predicted octanol–water partition coefficient (Wildman–Crippen LogP) is 4.96. The number of nitrogens with zero attached hydrogens (tertiary/aromatic N) is 2. The number of aryl methyl sites for hydroxylation is 2. The van der Waals surface area contributed by atoms with E-state index in [1.807, 2.05) is 52.0 Å². The molecule has 0 saturated heterocycles. The van der Waals surface area contributed by atoms with E-state index in [0.29, 0.717) is 13.2 Å². The van der Waals surface area contributed by atoms with E-state index in [0.717, 1.165) is 28.2 Å². The number of amides is 1. The van der Waals surface area contributed by atoms with Crippen molar-refractivity contribution < 1.29 is 9.53 Å². The number of ether oxygens (including phenoxy) is 1. The predicted molar refractivity (Wildman–Crippen MR) is 117 cm³/mol. The average Bonchev–Trinajstić information content (AvgIpc) is 3.01. The number of aromatic nitrogens is 2. The Kier molecular flexibility index (Phi) is 5.96. The van der Waals surface area contributed by atoms with Crippen molar-refractivity contribution in [3.05, 3.63) is 59.4 Å². The molecule has 154 valence electrons. The molecule has 0 aliphatic rings. The Balaban J connectivity index is 1.82. The highest BCUT2D eigenvalue weighted by Crippen LogP contribution is 2.23. The van der Waals surface area contributed by atoms with Crippen molar-refractivity contribution in [2.75, 3.05) is 6.61 Å².